The van der Waals surface area contributed by atoms with Crippen LogP contribution in [0.2, 0.25) is 0 Å². The van der Waals surface area contributed by atoms with E-state index in [1.807, 2.05) is 31.2 Å². The molecule has 1 N–H and O–H groups in total. The van der Waals surface area contributed by atoms with Crippen LogP contribution in [-0.2, 0) is 11.3 Å². The van der Waals surface area contributed by atoms with E-state index >= 15 is 0 Å². The highest BCUT2D eigenvalue weighted by Gasteiger charge is 2.13. The van der Waals surface area contributed by atoms with E-state index in [1.165, 1.54) is 18.0 Å². The van der Waals surface area contributed by atoms with Crippen molar-refractivity contribution in [3.63, 3.8) is 0 Å². The first kappa shape index (κ1) is 18.4. The van der Waals surface area contributed by atoms with Crippen molar-refractivity contribution in [2.24, 2.45) is 0 Å². The number of nitrogens with one attached hydrogen (secondary N) is 1. The summed E-state index contributed by atoms with van der Waals surface area (Å²) in [6.45, 7) is 1.78. The molecular formula is C21H19N5O3. The van der Waals surface area contributed by atoms with Crippen LogP contribution in [0.4, 0.5) is 5.69 Å². The summed E-state index contributed by atoms with van der Waals surface area (Å²) in [6, 6.07) is 16.6. The van der Waals surface area contributed by atoms with Gasteiger partial charge in [-0.05, 0) is 25.1 Å². The van der Waals surface area contributed by atoms with Crippen LogP contribution in [0, 0.1) is 6.92 Å². The molecule has 0 aliphatic rings. The third kappa shape index (κ3) is 3.73. The fourth-order valence-electron chi connectivity index (χ4n) is 2.99. The fraction of sp³-hybridized carbons (Fsp3) is 0.143. The van der Waals surface area contributed by atoms with Gasteiger partial charge in [-0.25, -0.2) is 9.20 Å². The average molecular weight is 389 g/mol. The van der Waals surface area contributed by atoms with Crippen LogP contribution in [0.3, 0.4) is 0 Å². The Kier molecular flexibility index (Phi) is 4.82. The summed E-state index contributed by atoms with van der Waals surface area (Å²) < 4.78 is 7.75. The third-order valence-electron chi connectivity index (χ3n) is 4.51. The number of carbonyl (C=O) groups excluding carboxylic acids is 1. The number of fused-ring (bicyclic) bond motifs is 1. The molecule has 4 rings (SSSR count). The summed E-state index contributed by atoms with van der Waals surface area (Å²) in [4.78, 5) is 25.2. The second-order valence-electron chi connectivity index (χ2n) is 6.57. The van der Waals surface area contributed by atoms with Gasteiger partial charge in [-0.1, -0.05) is 42.0 Å². The number of hydrogen-bond donors (Lipinski definition) is 1. The smallest absolute Gasteiger partial charge is 0.293 e. The Morgan fingerprint density at radius 3 is 2.66 bits per heavy atom. The van der Waals surface area contributed by atoms with Crippen molar-refractivity contribution in [3.05, 3.63) is 76.8 Å². The van der Waals surface area contributed by atoms with Crippen LogP contribution >= 0.6 is 0 Å². The van der Waals surface area contributed by atoms with Crippen molar-refractivity contribution in [2.45, 2.75) is 13.5 Å². The van der Waals surface area contributed by atoms with Gasteiger partial charge in [-0.2, -0.15) is 10.2 Å². The highest BCUT2D eigenvalue weighted by molar-refractivity contribution is 5.92. The molecule has 8 nitrogen and oxygen atoms in total. The lowest BCUT2D eigenvalue weighted by atomic mass is 10.1. The van der Waals surface area contributed by atoms with E-state index in [-0.39, 0.29) is 12.5 Å². The molecule has 1 amide bonds. The molecule has 0 radical (unpaired) electrons. The highest BCUT2D eigenvalue weighted by Crippen LogP contribution is 2.23. The zero-order valence-corrected chi connectivity index (χ0v) is 16.0. The largest absolute Gasteiger partial charge is 0.495 e. The van der Waals surface area contributed by atoms with Gasteiger partial charge in [0.15, 0.2) is 0 Å². The van der Waals surface area contributed by atoms with E-state index in [1.54, 1.807) is 30.3 Å². The van der Waals surface area contributed by atoms with Crippen molar-refractivity contribution >= 4 is 17.1 Å². The minimum atomic E-state index is -0.395. The topological polar surface area (TPSA) is 90.5 Å². The molecule has 0 fully saturated rings. The van der Waals surface area contributed by atoms with Gasteiger partial charge in [-0.3, -0.25) is 9.59 Å². The number of carbonyl (C=O) groups is 1. The predicted molar refractivity (Wildman–Crippen MR) is 109 cm³/mol. The van der Waals surface area contributed by atoms with Crippen LogP contribution in [0.5, 0.6) is 5.75 Å². The number of rotatable bonds is 5. The van der Waals surface area contributed by atoms with Gasteiger partial charge in [0.25, 0.3) is 5.56 Å². The van der Waals surface area contributed by atoms with Crippen molar-refractivity contribution in [1.29, 1.82) is 0 Å². The van der Waals surface area contributed by atoms with Crippen molar-refractivity contribution < 1.29 is 9.53 Å². The number of nitrogens with zero attached hydrogens (tertiary/aromatic N) is 4. The number of para-hydroxylation sites is 2. The van der Waals surface area contributed by atoms with E-state index in [0.29, 0.717) is 22.6 Å². The van der Waals surface area contributed by atoms with E-state index in [9.17, 15) is 9.59 Å². The average Bonchev–Trinajstić information content (AvgIpc) is 3.16. The Balaban J connectivity index is 1.59. The molecule has 4 aromatic rings. The van der Waals surface area contributed by atoms with Gasteiger partial charge < -0.3 is 10.1 Å². The predicted octanol–water partition coefficient (Wildman–Crippen LogP) is 2.51. The summed E-state index contributed by atoms with van der Waals surface area (Å²) >= 11 is 0. The molecule has 0 aliphatic carbocycles. The van der Waals surface area contributed by atoms with Crippen molar-refractivity contribution in [2.75, 3.05) is 12.4 Å². The second-order valence-corrected chi connectivity index (χ2v) is 6.57. The van der Waals surface area contributed by atoms with Gasteiger partial charge in [0, 0.05) is 5.56 Å². The molecule has 0 atom stereocenters. The molecule has 2 aromatic heterocycles. The molecule has 0 bridgehead atoms. The van der Waals surface area contributed by atoms with Gasteiger partial charge in [0.05, 0.1) is 18.5 Å². The molecule has 2 aromatic carbocycles. The lowest BCUT2D eigenvalue weighted by Crippen LogP contribution is -2.30. The SMILES string of the molecule is COc1ccccc1NC(=O)Cn1ncn2nc(-c3ccc(C)cc3)cc2c1=O. The molecule has 2 heterocycles. The van der Waals surface area contributed by atoms with Gasteiger partial charge in [0.2, 0.25) is 5.91 Å². The lowest BCUT2D eigenvalue weighted by molar-refractivity contribution is -0.117. The van der Waals surface area contributed by atoms with Gasteiger partial charge >= 0.3 is 0 Å². The van der Waals surface area contributed by atoms with Crippen LogP contribution in [0.1, 0.15) is 5.56 Å². The second kappa shape index (κ2) is 7.59. The number of amides is 1. The molecule has 0 saturated heterocycles. The Morgan fingerprint density at radius 2 is 1.90 bits per heavy atom. The maximum absolute atomic E-state index is 12.8. The van der Waals surface area contributed by atoms with E-state index in [2.05, 4.69) is 15.5 Å². The first-order valence-corrected chi connectivity index (χ1v) is 9.00. The van der Waals surface area contributed by atoms with Crippen molar-refractivity contribution in [3.8, 4) is 17.0 Å². The summed E-state index contributed by atoms with van der Waals surface area (Å²) in [5, 5.41) is 11.2. The fourth-order valence-corrected chi connectivity index (χ4v) is 2.99. The monoisotopic (exact) mass is 389 g/mol. The molecule has 0 saturated carbocycles. The molecule has 0 unspecified atom stereocenters. The standard InChI is InChI=1S/C21H19N5O3/c1-14-7-9-15(10-8-14)17-11-18-21(28)25(22-13-26(18)24-17)12-20(27)23-16-5-3-4-6-19(16)29-2/h3-11,13H,12H2,1-2H3,(H,23,27). The number of ether oxygens (including phenoxy) is 1. The Labute approximate surface area is 166 Å². The number of anilines is 1. The van der Waals surface area contributed by atoms with Gasteiger partial charge in [0.1, 0.15) is 24.1 Å². The van der Waals surface area contributed by atoms with Crippen LogP contribution in [-0.4, -0.2) is 32.4 Å². The van der Waals surface area contributed by atoms with Gasteiger partial charge in [-0.15, -0.1) is 0 Å². The minimum Gasteiger partial charge on any atom is -0.495 e. The number of aryl methyl sites for hydroxylation is 1. The number of methoxy groups -OCH3 is 1. The maximum Gasteiger partial charge on any atom is 0.293 e. The van der Waals surface area contributed by atoms with E-state index in [0.717, 1.165) is 15.8 Å². The Morgan fingerprint density at radius 1 is 1.14 bits per heavy atom. The third-order valence-corrected chi connectivity index (χ3v) is 4.51. The van der Waals surface area contributed by atoms with E-state index in [4.69, 9.17) is 4.74 Å². The normalized spacial score (nSPS) is 10.8. The zero-order valence-electron chi connectivity index (χ0n) is 16.0. The van der Waals surface area contributed by atoms with E-state index < -0.39 is 5.56 Å². The molecule has 8 heteroatoms. The number of aromatic nitrogens is 4. The zero-order chi connectivity index (χ0) is 20.4. The molecule has 29 heavy (non-hydrogen) atoms. The van der Waals surface area contributed by atoms with Crippen LogP contribution < -0.4 is 15.6 Å². The summed E-state index contributed by atoms with van der Waals surface area (Å²) in [5.41, 5.74) is 3.19. The van der Waals surface area contributed by atoms with Crippen molar-refractivity contribution in [1.82, 2.24) is 19.4 Å². The quantitative estimate of drug-likeness (QED) is 0.566. The first-order chi connectivity index (χ1) is 14.0. The van der Waals surface area contributed by atoms with Crippen LogP contribution in [0.25, 0.3) is 16.8 Å². The molecule has 0 spiro atoms. The minimum absolute atomic E-state index is 0.224. The lowest BCUT2D eigenvalue weighted by Gasteiger charge is -2.10. The Hall–Kier alpha value is -3.94. The maximum atomic E-state index is 12.8. The van der Waals surface area contributed by atoms with Crippen LogP contribution in [0.15, 0.2) is 65.7 Å². The molecule has 0 aliphatic heterocycles. The highest BCUT2D eigenvalue weighted by atomic mass is 16.5. The molecular weight excluding hydrogens is 370 g/mol. The Bertz CT molecular complexity index is 1240. The summed E-state index contributed by atoms with van der Waals surface area (Å²) in [7, 11) is 1.52. The number of benzene rings is 2. The first-order valence-electron chi connectivity index (χ1n) is 9.00. The molecule has 146 valence electrons. The number of hydrogen-bond acceptors (Lipinski definition) is 5. The summed E-state index contributed by atoms with van der Waals surface area (Å²) in [6.07, 6.45) is 1.42. The summed E-state index contributed by atoms with van der Waals surface area (Å²) in [5.74, 6) is 0.155.